The number of hydrogen-bond acceptors (Lipinski definition) is 2. The molecule has 1 aliphatic rings. The first-order chi connectivity index (χ1) is 10.1. The van der Waals surface area contributed by atoms with E-state index in [0.29, 0.717) is 18.4 Å². The van der Waals surface area contributed by atoms with Crippen molar-refractivity contribution in [2.24, 2.45) is 5.41 Å². The molecule has 21 heavy (non-hydrogen) atoms. The van der Waals surface area contributed by atoms with Gasteiger partial charge in [-0.05, 0) is 42.0 Å². The fraction of sp³-hybridized carbons (Fsp3) is 0.444. The van der Waals surface area contributed by atoms with Crippen molar-refractivity contribution < 1.29 is 14.7 Å². The van der Waals surface area contributed by atoms with Crippen LogP contribution >= 0.6 is 0 Å². The van der Waals surface area contributed by atoms with Crippen LogP contribution in [0.1, 0.15) is 50.7 Å². The van der Waals surface area contributed by atoms with Crippen LogP contribution in [0.15, 0.2) is 30.3 Å². The molecule has 3 heteroatoms. The van der Waals surface area contributed by atoms with Crippen LogP contribution < -0.4 is 0 Å². The third-order valence-electron chi connectivity index (χ3n) is 4.04. The molecular weight excluding hydrogens is 264 g/mol. The summed E-state index contributed by atoms with van der Waals surface area (Å²) in [5, 5.41) is 9.43. The first kappa shape index (κ1) is 15.5. The molecule has 0 heterocycles. The van der Waals surface area contributed by atoms with Gasteiger partial charge in [-0.1, -0.05) is 44.5 Å². The van der Waals surface area contributed by atoms with E-state index in [9.17, 15) is 14.7 Å². The second-order valence-electron chi connectivity index (χ2n) is 5.64. The van der Waals surface area contributed by atoms with Crippen molar-refractivity contribution >= 4 is 17.3 Å². The predicted molar refractivity (Wildman–Crippen MR) is 83.0 cm³/mol. The molecule has 1 aromatic rings. The maximum absolute atomic E-state index is 12.1. The van der Waals surface area contributed by atoms with Crippen LogP contribution in [0.2, 0.25) is 0 Å². The van der Waals surface area contributed by atoms with Gasteiger partial charge in [-0.25, -0.2) is 0 Å². The molecule has 1 unspecified atom stereocenters. The Labute approximate surface area is 125 Å². The van der Waals surface area contributed by atoms with Gasteiger partial charge < -0.3 is 5.11 Å². The van der Waals surface area contributed by atoms with Crippen LogP contribution in [-0.4, -0.2) is 16.9 Å². The summed E-state index contributed by atoms with van der Waals surface area (Å²) in [6.45, 7) is 4.04. The van der Waals surface area contributed by atoms with Crippen molar-refractivity contribution in [3.05, 3.63) is 41.5 Å². The zero-order chi connectivity index (χ0) is 15.5. The summed E-state index contributed by atoms with van der Waals surface area (Å²) in [5.74, 6) is -1.26. The van der Waals surface area contributed by atoms with Crippen LogP contribution in [-0.2, 0) is 16.0 Å². The summed E-state index contributed by atoms with van der Waals surface area (Å²) < 4.78 is 0. The van der Waals surface area contributed by atoms with Gasteiger partial charge in [0.2, 0.25) is 0 Å². The number of carbonyl (C=O) groups excluding carboxylic acids is 1. The van der Waals surface area contributed by atoms with Gasteiger partial charge in [0.05, 0.1) is 0 Å². The summed E-state index contributed by atoms with van der Waals surface area (Å²) in [4.78, 5) is 23.6. The van der Waals surface area contributed by atoms with Crippen molar-refractivity contribution in [2.45, 2.75) is 46.0 Å². The van der Waals surface area contributed by atoms with Crippen molar-refractivity contribution in [1.29, 1.82) is 0 Å². The molecule has 0 radical (unpaired) electrons. The predicted octanol–water partition coefficient (Wildman–Crippen LogP) is 3.87. The number of aliphatic carboxylic acids is 1. The minimum absolute atomic E-state index is 0.206. The smallest absolute Gasteiger partial charge is 0.325 e. The molecule has 0 fully saturated rings. The van der Waals surface area contributed by atoms with Crippen molar-refractivity contribution in [3.63, 3.8) is 0 Å². The summed E-state index contributed by atoms with van der Waals surface area (Å²) in [6, 6.07) is 7.92. The standard InChI is InChI=1S/C18H22O3/c1-3-5-7-13-8-10-14(11-9-13)15-12-18(15,17(20)21)16(19)6-4-2/h8-12H,3-7H2,1-2H3,(H,20,21). The van der Waals surface area contributed by atoms with E-state index >= 15 is 0 Å². The third-order valence-corrected chi connectivity index (χ3v) is 4.04. The first-order valence-electron chi connectivity index (χ1n) is 7.65. The Morgan fingerprint density at radius 3 is 2.29 bits per heavy atom. The van der Waals surface area contributed by atoms with Gasteiger partial charge in [-0.15, -0.1) is 0 Å². The van der Waals surface area contributed by atoms with Gasteiger partial charge in [0, 0.05) is 6.42 Å². The first-order valence-corrected chi connectivity index (χ1v) is 7.65. The molecule has 0 saturated heterocycles. The van der Waals surface area contributed by atoms with E-state index in [0.717, 1.165) is 24.8 Å². The molecule has 0 saturated carbocycles. The fourth-order valence-corrected chi connectivity index (χ4v) is 2.67. The van der Waals surface area contributed by atoms with Crippen LogP contribution in [0.3, 0.4) is 0 Å². The molecule has 112 valence electrons. The maximum Gasteiger partial charge on any atom is 0.325 e. The highest BCUT2D eigenvalue weighted by atomic mass is 16.4. The van der Waals surface area contributed by atoms with Crippen LogP contribution in [0.25, 0.3) is 5.57 Å². The summed E-state index contributed by atoms with van der Waals surface area (Å²) in [7, 11) is 0. The molecule has 0 aliphatic heterocycles. The van der Waals surface area contributed by atoms with Crippen molar-refractivity contribution in [2.75, 3.05) is 0 Å². The van der Waals surface area contributed by atoms with Gasteiger partial charge in [-0.2, -0.15) is 0 Å². The van der Waals surface area contributed by atoms with Crippen molar-refractivity contribution in [1.82, 2.24) is 0 Å². The molecule has 0 bridgehead atoms. The summed E-state index contributed by atoms with van der Waals surface area (Å²) >= 11 is 0. The minimum atomic E-state index is -1.36. The molecule has 2 rings (SSSR count). The largest absolute Gasteiger partial charge is 0.480 e. The normalized spacial score (nSPS) is 20.0. The van der Waals surface area contributed by atoms with Crippen LogP contribution in [0.4, 0.5) is 0 Å². The number of benzene rings is 1. The molecule has 1 aliphatic carbocycles. The Balaban J connectivity index is 2.14. The average molecular weight is 286 g/mol. The highest BCUT2D eigenvalue weighted by Gasteiger charge is 2.57. The van der Waals surface area contributed by atoms with E-state index in [2.05, 4.69) is 6.92 Å². The number of carbonyl (C=O) groups is 2. The average Bonchev–Trinajstić information content (AvgIpc) is 3.23. The number of unbranched alkanes of at least 4 members (excludes halogenated alkanes) is 1. The Hall–Kier alpha value is -1.90. The second kappa shape index (κ2) is 6.25. The lowest BCUT2D eigenvalue weighted by Gasteiger charge is -2.12. The van der Waals surface area contributed by atoms with E-state index in [4.69, 9.17) is 0 Å². The van der Waals surface area contributed by atoms with Gasteiger partial charge in [0.25, 0.3) is 0 Å². The maximum atomic E-state index is 12.1. The van der Waals surface area contributed by atoms with Crippen molar-refractivity contribution in [3.8, 4) is 0 Å². The number of Topliss-reactive ketones (excluding diaryl/α,β-unsaturated/α-hetero) is 1. The Morgan fingerprint density at radius 2 is 1.76 bits per heavy atom. The number of rotatable bonds is 8. The number of hydrogen-bond donors (Lipinski definition) is 1. The highest BCUT2D eigenvalue weighted by molar-refractivity contribution is 6.24. The SMILES string of the molecule is CCCCc1ccc(C2=CC2(C(=O)O)C(=O)CCC)cc1. The van der Waals surface area contributed by atoms with Crippen LogP contribution in [0.5, 0.6) is 0 Å². The molecule has 1 N–H and O–H groups in total. The zero-order valence-corrected chi connectivity index (χ0v) is 12.7. The highest BCUT2D eigenvalue weighted by Crippen LogP contribution is 2.52. The minimum Gasteiger partial charge on any atom is -0.480 e. The molecule has 1 atom stereocenters. The van der Waals surface area contributed by atoms with E-state index in [1.165, 1.54) is 5.56 Å². The fourth-order valence-electron chi connectivity index (χ4n) is 2.67. The quantitative estimate of drug-likeness (QED) is 0.738. The van der Waals surface area contributed by atoms with E-state index in [1.807, 2.05) is 31.2 Å². The lowest BCUT2D eigenvalue weighted by atomic mass is 9.89. The number of ketones is 1. The third kappa shape index (κ3) is 2.92. The van der Waals surface area contributed by atoms with E-state index in [-0.39, 0.29) is 5.78 Å². The molecule has 0 spiro atoms. The molecular formula is C18H22O3. The van der Waals surface area contributed by atoms with Gasteiger partial charge >= 0.3 is 5.97 Å². The lowest BCUT2D eigenvalue weighted by Crippen LogP contribution is -2.28. The Kier molecular flexibility index (Phi) is 4.61. The summed E-state index contributed by atoms with van der Waals surface area (Å²) in [6.07, 6.45) is 5.91. The second-order valence-corrected chi connectivity index (χ2v) is 5.64. The molecule has 3 nitrogen and oxygen atoms in total. The molecule has 1 aromatic carbocycles. The van der Waals surface area contributed by atoms with Gasteiger partial charge in [-0.3, -0.25) is 9.59 Å². The lowest BCUT2D eigenvalue weighted by molar-refractivity contribution is -0.146. The van der Waals surface area contributed by atoms with E-state index in [1.54, 1.807) is 6.08 Å². The monoisotopic (exact) mass is 286 g/mol. The number of carboxylic acid groups (broad SMARTS) is 1. The van der Waals surface area contributed by atoms with Gasteiger partial charge in [0.1, 0.15) is 0 Å². The Morgan fingerprint density at radius 1 is 1.10 bits per heavy atom. The molecule has 0 amide bonds. The van der Waals surface area contributed by atoms with Gasteiger partial charge in [0.15, 0.2) is 11.2 Å². The number of carboxylic acids is 1. The van der Waals surface area contributed by atoms with Crippen LogP contribution in [0, 0.1) is 5.41 Å². The Bertz CT molecular complexity index is 569. The summed E-state index contributed by atoms with van der Waals surface area (Å²) in [5.41, 5.74) is 1.39. The number of aryl methyl sites for hydroxylation is 1. The molecule has 0 aromatic heterocycles. The zero-order valence-electron chi connectivity index (χ0n) is 12.7. The topological polar surface area (TPSA) is 54.4 Å². The van der Waals surface area contributed by atoms with E-state index < -0.39 is 11.4 Å².